The zero-order valence-electron chi connectivity index (χ0n) is 98.1. The summed E-state index contributed by atoms with van der Waals surface area (Å²) in [7, 11) is 0. The van der Waals surface area contributed by atoms with Crippen molar-refractivity contribution in [3.63, 3.8) is 0 Å². The monoisotopic (exact) mass is 1800 g/mol. The quantitative estimate of drug-likeness (QED) is 0.0960. The van der Waals surface area contributed by atoms with Gasteiger partial charge >= 0.3 is 23.3 Å². The SMILES string of the molecule is [2H]C(C)(C)c1cc2c(c(C([2H])(C)C)c1)OC13c4c(cc(C(C)(C)C)cc4-c4cc(-c5ccc(-c6ccccc6)cc5)cc[n+]41)-c1cccc4c1[n+]3c-2n4-c1ccc(-c2c(C([2H])(C)C)cccc2C([2H])(C)C)cc1.[2H]c1c([2H])c(C(C)(C)C)c([2H])c([2H])c1-c1c([2H])c([2H])[n+]2c(c1[2H])-c1cc(C(C)(C)C)cc3c1C21Oc2c(cc(C([2H])(C)C)cc2C([2H])(C)C)-c2n(-c4ccc(-c5c(C([2H])(C)C)cccc5C([2H])(C)C)cc4)c4cccc-3c4[n+]21. The van der Waals surface area contributed by atoms with E-state index in [1.54, 1.807) is 18.4 Å². The Kier molecular flexibility index (Phi) is 16.8. The molecule has 8 heteroatoms. The van der Waals surface area contributed by atoms with Gasteiger partial charge in [-0.3, -0.25) is 0 Å². The Hall–Kier alpha value is -13.3. The maximum Gasteiger partial charge on any atom is 0.499 e. The van der Waals surface area contributed by atoms with Crippen LogP contribution in [0.4, 0.5) is 0 Å². The van der Waals surface area contributed by atoms with Crippen LogP contribution in [0.25, 0.3) is 157 Å². The molecule has 136 heavy (non-hydrogen) atoms. The Bertz CT molecular complexity index is 8650. The number of nitrogens with zero attached hydrogens (tertiary/aromatic N) is 6. The predicted molar refractivity (Wildman–Crippen MR) is 562 cm³/mol. The molecule has 2 atom stereocenters. The van der Waals surface area contributed by atoms with Crippen LogP contribution in [-0.4, -0.2) is 9.13 Å². The van der Waals surface area contributed by atoms with E-state index in [-0.39, 0.29) is 45.9 Å². The molecule has 0 saturated carbocycles. The van der Waals surface area contributed by atoms with Gasteiger partial charge < -0.3 is 9.47 Å². The number of rotatable bonds is 15. The summed E-state index contributed by atoms with van der Waals surface area (Å²) in [5, 5.41) is 0. The van der Waals surface area contributed by atoms with Crippen molar-refractivity contribution in [2.45, 2.75) is 248 Å². The Balaban J connectivity index is 0.000000171. The molecule has 0 aliphatic carbocycles. The van der Waals surface area contributed by atoms with Crippen LogP contribution in [0.5, 0.6) is 11.5 Å². The summed E-state index contributed by atoms with van der Waals surface area (Å²) in [6.45, 7) is 48.6. The van der Waals surface area contributed by atoms with Crippen LogP contribution >= 0.6 is 0 Å². The molecule has 13 aromatic carbocycles. The van der Waals surface area contributed by atoms with Gasteiger partial charge in [-0.25, -0.2) is 0 Å². The van der Waals surface area contributed by atoms with Crippen molar-refractivity contribution >= 4 is 22.1 Å². The first kappa shape index (κ1) is 72.2. The van der Waals surface area contributed by atoms with Crippen LogP contribution in [-0.2, 0) is 27.9 Å². The molecule has 0 fully saturated rings. The van der Waals surface area contributed by atoms with Gasteiger partial charge in [-0.2, -0.15) is 9.13 Å². The van der Waals surface area contributed by atoms with Crippen molar-refractivity contribution in [1.29, 1.82) is 0 Å². The highest BCUT2D eigenvalue weighted by Gasteiger charge is 2.71. The van der Waals surface area contributed by atoms with E-state index in [1.807, 2.05) is 221 Å². The minimum absolute atomic E-state index is 0.179. The van der Waals surface area contributed by atoms with Gasteiger partial charge in [0.1, 0.15) is 35.0 Å². The molecular weight excluding hydrogens is 1650 g/mol. The second-order valence-corrected chi connectivity index (χ2v) is 43.0. The second-order valence-electron chi connectivity index (χ2n) is 43.0. The Morgan fingerprint density at radius 3 is 1.10 bits per heavy atom. The summed E-state index contributed by atoms with van der Waals surface area (Å²) < 4.78 is 172. The maximum atomic E-state index is 10.4. The fourth-order valence-corrected chi connectivity index (χ4v) is 21.9. The first-order valence-corrected chi connectivity index (χ1v) is 48.0. The Labute approximate surface area is 826 Å². The Morgan fingerprint density at radius 1 is 0.301 bits per heavy atom. The second kappa shape index (κ2) is 31.6. The molecule has 0 N–H and O–H groups in total. The zero-order chi connectivity index (χ0) is 109. The summed E-state index contributed by atoms with van der Waals surface area (Å²) >= 11 is 0. The summed E-state index contributed by atoms with van der Waals surface area (Å²) in [5.41, 5.74) is 29.6. The van der Waals surface area contributed by atoms with Gasteiger partial charge in [-0.1, -0.05) is 337 Å². The van der Waals surface area contributed by atoms with E-state index in [0.29, 0.717) is 45.1 Å². The van der Waals surface area contributed by atoms with E-state index in [0.717, 1.165) is 156 Å². The van der Waals surface area contributed by atoms with Crippen molar-refractivity contribution in [3.05, 3.63) is 358 Å². The minimum atomic E-state index is -1.88. The van der Waals surface area contributed by atoms with Gasteiger partial charge in [0.25, 0.3) is 0 Å². The summed E-state index contributed by atoms with van der Waals surface area (Å²) in [5.74, 6) is -8.98. The molecule has 0 amide bonds. The molecule has 2 unspecified atom stereocenters. The summed E-state index contributed by atoms with van der Waals surface area (Å²) in [4.78, 5) is 0. The third-order valence-electron chi connectivity index (χ3n) is 29.0. The molecule has 6 aliphatic rings. The average molecular weight is 1800 g/mol. The fourth-order valence-electron chi connectivity index (χ4n) is 21.9. The molecule has 0 saturated heterocycles. The number of fused-ring (bicyclic) bond motifs is 10. The van der Waals surface area contributed by atoms with Crippen molar-refractivity contribution in [1.82, 2.24) is 9.13 Å². The van der Waals surface area contributed by atoms with E-state index in [1.165, 1.54) is 16.7 Å². The van der Waals surface area contributed by atoms with Crippen LogP contribution in [0.15, 0.2) is 285 Å². The van der Waals surface area contributed by atoms with Gasteiger partial charge in [0.05, 0.1) is 19.4 Å². The molecule has 680 valence electrons. The molecule has 0 radical (unpaired) electrons. The lowest BCUT2D eigenvalue weighted by atomic mass is 9.80. The van der Waals surface area contributed by atoms with Gasteiger partial charge in [0.2, 0.25) is 11.4 Å². The molecule has 0 bridgehead atoms. The Morgan fingerprint density at radius 2 is 0.684 bits per heavy atom. The van der Waals surface area contributed by atoms with Crippen molar-refractivity contribution < 1.29 is 48.3 Å². The molecule has 6 aliphatic heterocycles. The molecule has 17 aromatic rings. The van der Waals surface area contributed by atoms with Gasteiger partial charge in [0.15, 0.2) is 45.9 Å². The van der Waals surface area contributed by atoms with Crippen LogP contribution < -0.4 is 27.7 Å². The largest absolute Gasteiger partial charge is 0.499 e. The number of hydrogen-bond acceptors (Lipinski definition) is 2. The van der Waals surface area contributed by atoms with Crippen LogP contribution in [0.2, 0.25) is 0 Å². The van der Waals surface area contributed by atoms with Gasteiger partial charge in [-0.05, 0) is 265 Å². The normalized spacial score (nSPS) is 17.7. The molecule has 23 rings (SSSR count). The molecular formula is C128H130N6O2+4. The van der Waals surface area contributed by atoms with E-state index < -0.39 is 94.0 Å². The van der Waals surface area contributed by atoms with E-state index in [9.17, 15) is 20.6 Å². The number of pyridine rings is 2. The first-order chi connectivity index (χ1) is 70.3. The molecule has 4 aromatic heterocycles. The summed E-state index contributed by atoms with van der Waals surface area (Å²) in [6, 6.07) is 80.1. The fraction of sp³-hybridized carbons (Fsp3) is 0.297. The number of hydrogen-bond donors (Lipinski definition) is 0. The summed E-state index contributed by atoms with van der Waals surface area (Å²) in [6.07, 6.45) is 1.81. The third kappa shape index (κ3) is 13.3. The van der Waals surface area contributed by atoms with E-state index in [4.69, 9.17) is 9.47 Å². The molecule has 2 spiro atoms. The highest BCUT2D eigenvalue weighted by atomic mass is 16.5. The molecule has 10 heterocycles. The topological polar surface area (TPSA) is 43.8 Å². The number of para-hydroxylation sites is 2. The lowest BCUT2D eigenvalue weighted by Crippen LogP contribution is -2.78. The third-order valence-corrected chi connectivity index (χ3v) is 29.0. The highest BCUT2D eigenvalue weighted by molar-refractivity contribution is 6.01. The van der Waals surface area contributed by atoms with Crippen LogP contribution in [0, 0.1) is 0 Å². The number of aromatic nitrogens is 6. The van der Waals surface area contributed by atoms with E-state index >= 15 is 0 Å². The average Bonchev–Trinajstić information content (AvgIpc) is 1.47. The maximum absolute atomic E-state index is 10.4. The van der Waals surface area contributed by atoms with Gasteiger partial charge in [0, 0.05) is 57.4 Å². The number of imidazole rings is 2. The lowest BCUT2D eigenvalue weighted by molar-refractivity contribution is -0.998. The zero-order valence-corrected chi connectivity index (χ0v) is 83.1. The highest BCUT2D eigenvalue weighted by Crippen LogP contribution is 2.60. The van der Waals surface area contributed by atoms with Crippen LogP contribution in [0.3, 0.4) is 0 Å². The number of ether oxygens (including phenoxy) is 2. The smallest absolute Gasteiger partial charge is 0.392 e. The number of benzene rings is 13. The van der Waals surface area contributed by atoms with Crippen molar-refractivity contribution in [2.24, 2.45) is 0 Å². The van der Waals surface area contributed by atoms with Gasteiger partial charge in [-0.15, -0.1) is 18.3 Å². The van der Waals surface area contributed by atoms with Crippen LogP contribution in [0.1, 0.15) is 313 Å². The van der Waals surface area contributed by atoms with Crippen molar-refractivity contribution in [2.75, 3.05) is 0 Å². The standard InChI is InChI=1S/C65H63N3O.C63H67N3O/c1-38(2)47-33-53(41(7)8)62-56(34-47)63-67(49-29-27-45(28-30-49)59-50(39(3)4)19-15-20-51(59)40(5)6)57-22-16-21-52-54-36-48(64(9,10)11)37-55-58-35-46(44-25-23-43(24-26-44)42-17-13-12-14-18-42)31-32-66(58)65(69-62,60(54)55)68(63)61(52)57;1-36(2)43-31-50(39(7)8)59-53(32-43)60-65(46-27-23-41(24-28-46)56-47(37(3)4)17-15-18-48(56)38(5)6)54-20-16-19-49-51-34-45(62(12,13)14)35-52-55-33-42(40-21-25-44(26-22-40)61(9,10)11)29-30-64(55)63(67-59,57(51)52)66(60)58(49)54/h12-41H,1-11H3;15-39H,1-14H3/q2*+2/i38D,39D,40D,41D;21D,22D,25D,26D,29D,30D,33D,36D,37D,38D,39D. The van der Waals surface area contributed by atoms with Crippen molar-refractivity contribution in [3.8, 4) is 146 Å². The minimum Gasteiger partial charge on any atom is -0.392 e. The first-order valence-electron chi connectivity index (χ1n) is 55.5. The predicted octanol–water partition coefficient (Wildman–Crippen LogP) is 32.1. The van der Waals surface area contributed by atoms with E-state index in [2.05, 4.69) is 204 Å². The lowest BCUT2D eigenvalue weighted by Gasteiger charge is -2.34. The molecule has 8 nitrogen and oxygen atoms in total.